The molecule has 0 aliphatic carbocycles. The number of allylic oxidation sites excluding steroid dienone is 6. The van der Waals surface area contributed by atoms with Gasteiger partial charge in [-0.15, -0.1) is 0 Å². The van der Waals surface area contributed by atoms with Gasteiger partial charge in [0.1, 0.15) is 0 Å². The van der Waals surface area contributed by atoms with Crippen LogP contribution in [0.2, 0.25) is 0 Å². The third kappa shape index (κ3) is 10.2. The lowest BCUT2D eigenvalue weighted by molar-refractivity contribution is 0.168. The van der Waals surface area contributed by atoms with E-state index in [-0.39, 0.29) is 0 Å². The van der Waals surface area contributed by atoms with Crippen LogP contribution in [0.4, 0.5) is 0 Å². The summed E-state index contributed by atoms with van der Waals surface area (Å²) in [5.41, 5.74) is 4.08. The Kier molecular flexibility index (Phi) is 12.3. The fourth-order valence-electron chi connectivity index (χ4n) is 2.29. The number of hydrogen-bond acceptors (Lipinski definition) is 4. The molecule has 5 heteroatoms. The van der Waals surface area contributed by atoms with E-state index in [4.69, 9.17) is 9.05 Å². The molecule has 0 saturated heterocycles. The fourth-order valence-corrected chi connectivity index (χ4v) is 3.39. The van der Waals surface area contributed by atoms with Gasteiger partial charge in [-0.2, -0.15) is 0 Å². The van der Waals surface area contributed by atoms with Crippen LogP contribution in [0.15, 0.2) is 34.9 Å². The minimum atomic E-state index is -3.37. The zero-order chi connectivity index (χ0) is 18.6. The molecule has 0 rings (SSSR count). The van der Waals surface area contributed by atoms with E-state index in [1.165, 1.54) is 30.9 Å². The number of aliphatic hydroxyl groups is 1. The first-order valence-electron chi connectivity index (χ1n) is 8.59. The van der Waals surface area contributed by atoms with E-state index >= 15 is 0 Å². The maximum absolute atomic E-state index is 12.0. The molecule has 1 N–H and O–H groups in total. The molecule has 0 aliphatic heterocycles. The Bertz CT molecular complexity index is 480. The van der Waals surface area contributed by atoms with Crippen molar-refractivity contribution in [2.75, 3.05) is 14.2 Å². The lowest BCUT2D eigenvalue weighted by Crippen LogP contribution is -2.09. The van der Waals surface area contributed by atoms with Gasteiger partial charge in [-0.1, -0.05) is 34.9 Å². The highest BCUT2D eigenvalue weighted by atomic mass is 31.2. The van der Waals surface area contributed by atoms with Crippen LogP contribution in [-0.4, -0.2) is 25.2 Å². The SMILES string of the molecule is COP(=O)(OC)C(O)CC/C=C(\C)CC/C=C(\C)CCC=C(C)C. The van der Waals surface area contributed by atoms with Crippen LogP contribution in [0.3, 0.4) is 0 Å². The van der Waals surface area contributed by atoms with Gasteiger partial charge < -0.3 is 14.2 Å². The van der Waals surface area contributed by atoms with Gasteiger partial charge in [0.05, 0.1) is 0 Å². The summed E-state index contributed by atoms with van der Waals surface area (Å²) in [5.74, 6) is -1.08. The monoisotopic (exact) mass is 358 g/mol. The second-order valence-electron chi connectivity index (χ2n) is 6.42. The first-order valence-corrected chi connectivity index (χ1v) is 10.2. The maximum atomic E-state index is 12.0. The molecule has 0 aromatic heterocycles. The average molecular weight is 358 g/mol. The van der Waals surface area contributed by atoms with Crippen molar-refractivity contribution in [2.45, 2.75) is 72.1 Å². The molecule has 0 amide bonds. The highest BCUT2D eigenvalue weighted by Gasteiger charge is 2.31. The molecule has 0 spiro atoms. The molecule has 0 aliphatic rings. The molecular weight excluding hydrogens is 323 g/mol. The number of rotatable bonds is 12. The summed E-state index contributed by atoms with van der Waals surface area (Å²) < 4.78 is 21.6. The van der Waals surface area contributed by atoms with Crippen LogP contribution >= 0.6 is 7.60 Å². The Morgan fingerprint density at radius 2 is 1.38 bits per heavy atom. The predicted molar refractivity (Wildman–Crippen MR) is 102 cm³/mol. The Hall–Kier alpha value is -0.670. The van der Waals surface area contributed by atoms with Crippen molar-refractivity contribution in [1.29, 1.82) is 0 Å². The second kappa shape index (κ2) is 12.7. The smallest absolute Gasteiger partial charge is 0.358 e. The second-order valence-corrected chi connectivity index (χ2v) is 8.83. The van der Waals surface area contributed by atoms with Crippen molar-refractivity contribution in [1.82, 2.24) is 0 Å². The molecule has 0 fully saturated rings. The van der Waals surface area contributed by atoms with Crippen LogP contribution in [0.1, 0.15) is 66.2 Å². The van der Waals surface area contributed by atoms with E-state index in [0.717, 1.165) is 25.7 Å². The Morgan fingerprint density at radius 3 is 1.83 bits per heavy atom. The number of aliphatic hydroxyl groups excluding tert-OH is 1. The summed E-state index contributed by atoms with van der Waals surface area (Å²) in [7, 11) is -0.787. The van der Waals surface area contributed by atoms with E-state index in [1.54, 1.807) is 0 Å². The summed E-state index contributed by atoms with van der Waals surface area (Å²) >= 11 is 0. The lowest BCUT2D eigenvalue weighted by atomic mass is 10.1. The van der Waals surface area contributed by atoms with E-state index in [1.807, 2.05) is 0 Å². The van der Waals surface area contributed by atoms with Gasteiger partial charge in [-0.25, -0.2) is 0 Å². The summed E-state index contributed by atoms with van der Waals surface area (Å²) in [6, 6.07) is 0. The Balaban J connectivity index is 4.16. The molecule has 140 valence electrons. The van der Waals surface area contributed by atoms with Crippen molar-refractivity contribution >= 4 is 7.60 Å². The predicted octanol–water partition coefficient (Wildman–Crippen LogP) is 5.99. The Morgan fingerprint density at radius 1 is 0.917 bits per heavy atom. The van der Waals surface area contributed by atoms with Crippen LogP contribution in [-0.2, 0) is 13.6 Å². The van der Waals surface area contributed by atoms with Crippen LogP contribution in [0.25, 0.3) is 0 Å². The minimum Gasteiger partial charge on any atom is -0.380 e. The molecule has 0 aromatic carbocycles. The summed E-state index contributed by atoms with van der Waals surface area (Å²) in [5, 5.41) is 9.89. The molecule has 0 aromatic rings. The largest absolute Gasteiger partial charge is 0.380 e. The van der Waals surface area contributed by atoms with Crippen LogP contribution in [0, 0.1) is 0 Å². The third-order valence-corrected chi connectivity index (χ3v) is 5.92. The zero-order valence-electron chi connectivity index (χ0n) is 16.2. The van der Waals surface area contributed by atoms with Gasteiger partial charge in [0.15, 0.2) is 5.85 Å². The highest BCUT2D eigenvalue weighted by Crippen LogP contribution is 2.51. The highest BCUT2D eigenvalue weighted by molar-refractivity contribution is 7.54. The minimum absolute atomic E-state index is 0.369. The van der Waals surface area contributed by atoms with E-state index in [2.05, 4.69) is 45.9 Å². The zero-order valence-corrected chi connectivity index (χ0v) is 17.1. The van der Waals surface area contributed by atoms with Gasteiger partial charge in [0, 0.05) is 14.2 Å². The number of hydrogen-bond donors (Lipinski definition) is 1. The molecule has 1 atom stereocenters. The van der Waals surface area contributed by atoms with Crippen molar-refractivity contribution in [2.24, 2.45) is 0 Å². The summed E-state index contributed by atoms with van der Waals surface area (Å²) in [4.78, 5) is 0. The quantitative estimate of drug-likeness (QED) is 0.344. The van der Waals surface area contributed by atoms with Gasteiger partial charge in [-0.3, -0.25) is 4.57 Å². The molecule has 0 bridgehead atoms. The first kappa shape index (κ1) is 23.3. The normalized spacial score (nSPS) is 14.6. The maximum Gasteiger partial charge on any atom is 0.358 e. The van der Waals surface area contributed by atoms with Crippen molar-refractivity contribution in [3.05, 3.63) is 34.9 Å². The molecule has 0 saturated carbocycles. The molecule has 24 heavy (non-hydrogen) atoms. The summed E-state index contributed by atoms with van der Waals surface area (Å²) in [6.07, 6.45) is 11.9. The summed E-state index contributed by atoms with van der Waals surface area (Å²) in [6.45, 7) is 8.52. The lowest BCUT2D eigenvalue weighted by Gasteiger charge is -2.19. The topological polar surface area (TPSA) is 55.8 Å². The van der Waals surface area contributed by atoms with Crippen molar-refractivity contribution < 1.29 is 18.7 Å². The standard InChI is InChI=1S/C19H35O4P/c1-16(2)10-7-11-17(3)12-8-13-18(4)14-9-15-19(20)24(21,22-5)23-6/h10,12,14,19-20H,7-9,11,13,15H2,1-6H3/b17-12+,18-14+. The van der Waals surface area contributed by atoms with E-state index < -0.39 is 13.4 Å². The van der Waals surface area contributed by atoms with Gasteiger partial charge in [-0.05, 0) is 66.2 Å². The molecule has 0 radical (unpaired) electrons. The van der Waals surface area contributed by atoms with Crippen LogP contribution < -0.4 is 0 Å². The third-order valence-electron chi connectivity index (χ3n) is 3.91. The van der Waals surface area contributed by atoms with Gasteiger partial charge in [0.25, 0.3) is 0 Å². The van der Waals surface area contributed by atoms with Crippen molar-refractivity contribution in [3.63, 3.8) is 0 Å². The molecule has 1 unspecified atom stereocenters. The van der Waals surface area contributed by atoms with E-state index in [0.29, 0.717) is 12.8 Å². The molecule has 0 heterocycles. The molecular formula is C19H35O4P. The van der Waals surface area contributed by atoms with Crippen molar-refractivity contribution in [3.8, 4) is 0 Å². The molecule has 4 nitrogen and oxygen atoms in total. The Labute approximate surface area is 148 Å². The van der Waals surface area contributed by atoms with Gasteiger partial charge in [0.2, 0.25) is 0 Å². The van der Waals surface area contributed by atoms with E-state index in [9.17, 15) is 9.67 Å². The fraction of sp³-hybridized carbons (Fsp3) is 0.684. The van der Waals surface area contributed by atoms with Crippen LogP contribution in [0.5, 0.6) is 0 Å². The average Bonchev–Trinajstić information content (AvgIpc) is 2.53. The first-order chi connectivity index (χ1) is 11.2. The van der Waals surface area contributed by atoms with Gasteiger partial charge >= 0.3 is 7.60 Å².